The third kappa shape index (κ3) is 3.87. The maximum atomic E-state index is 6.54. The van der Waals surface area contributed by atoms with Crippen LogP contribution in [0.3, 0.4) is 0 Å². The number of nitrogens with one attached hydrogen (secondary N) is 1. The molecule has 6 aromatic carbocycles. The second kappa shape index (κ2) is 9.82. The van der Waals surface area contributed by atoms with Crippen molar-refractivity contribution in [2.75, 3.05) is 0 Å². The van der Waals surface area contributed by atoms with Crippen LogP contribution in [0.1, 0.15) is 22.9 Å². The third-order valence-electron chi connectivity index (χ3n) is 8.44. The average molecular weight is 567 g/mol. The molecule has 0 bridgehead atoms. The van der Waals surface area contributed by atoms with Crippen LogP contribution in [0.2, 0.25) is 0 Å². The van der Waals surface area contributed by atoms with Gasteiger partial charge in [0.25, 0.3) is 0 Å². The Morgan fingerprint density at radius 2 is 1.23 bits per heavy atom. The Bertz CT molecular complexity index is 2420. The Balaban J connectivity index is 1.24. The third-order valence-corrected chi connectivity index (χ3v) is 8.44. The maximum Gasteiger partial charge on any atom is 0.159 e. The second-order valence-electron chi connectivity index (χ2n) is 11.1. The molecule has 1 aliphatic rings. The van der Waals surface area contributed by atoms with Gasteiger partial charge in [-0.2, -0.15) is 0 Å². The Labute approximate surface area is 253 Å². The van der Waals surface area contributed by atoms with E-state index in [9.17, 15) is 0 Å². The summed E-state index contributed by atoms with van der Waals surface area (Å²) in [5.41, 5.74) is 8.11. The van der Waals surface area contributed by atoms with E-state index in [4.69, 9.17) is 14.4 Å². The highest BCUT2D eigenvalue weighted by molar-refractivity contribution is 6.26. The van der Waals surface area contributed by atoms with Crippen molar-refractivity contribution in [1.29, 1.82) is 0 Å². The van der Waals surface area contributed by atoms with Gasteiger partial charge in [0.15, 0.2) is 5.84 Å². The van der Waals surface area contributed by atoms with E-state index in [-0.39, 0.29) is 6.17 Å². The minimum atomic E-state index is -0.314. The van der Waals surface area contributed by atoms with Crippen molar-refractivity contribution in [2.45, 2.75) is 6.17 Å². The van der Waals surface area contributed by atoms with Gasteiger partial charge < -0.3 is 14.3 Å². The first-order chi connectivity index (χ1) is 21.8. The lowest BCUT2D eigenvalue weighted by Crippen LogP contribution is -2.33. The molecule has 0 spiro atoms. The van der Waals surface area contributed by atoms with Crippen molar-refractivity contribution in [1.82, 2.24) is 9.88 Å². The molecule has 0 saturated heterocycles. The Kier molecular flexibility index (Phi) is 5.50. The minimum absolute atomic E-state index is 0.314. The molecular weight excluding hydrogens is 540 g/mol. The lowest BCUT2D eigenvalue weighted by Gasteiger charge is -2.24. The highest BCUT2D eigenvalue weighted by Gasteiger charge is 2.23. The lowest BCUT2D eigenvalue weighted by atomic mass is 10.1. The number of amidine groups is 2. The van der Waals surface area contributed by atoms with Crippen LogP contribution < -0.4 is 5.32 Å². The van der Waals surface area contributed by atoms with E-state index < -0.39 is 0 Å². The van der Waals surface area contributed by atoms with E-state index in [0.717, 1.165) is 61.2 Å². The summed E-state index contributed by atoms with van der Waals surface area (Å²) in [5, 5.41) is 8.22. The molecular formula is C39H26N4O. The molecule has 0 fully saturated rings. The molecule has 1 atom stereocenters. The van der Waals surface area contributed by atoms with Crippen molar-refractivity contribution in [3.8, 4) is 5.69 Å². The highest BCUT2D eigenvalue weighted by atomic mass is 16.3. The van der Waals surface area contributed by atoms with Crippen LogP contribution in [0, 0.1) is 0 Å². The standard InChI is InChI=1S/C39H26N4O/c1-3-12-25(13-4-1)37-40-38(26-14-5-2-6-15-26)42-39(41-37)27-16-9-17-28(24-27)43-31-20-10-19-30-29-18-7-8-22-33(29)44-34-23-11-21-32(43)36(34)35(30)31/h1-24,39H,(H,40,41,42). The Morgan fingerprint density at radius 3 is 2.07 bits per heavy atom. The fourth-order valence-corrected chi connectivity index (χ4v) is 6.47. The van der Waals surface area contributed by atoms with Crippen LogP contribution in [-0.2, 0) is 0 Å². The van der Waals surface area contributed by atoms with E-state index >= 15 is 0 Å². The molecule has 0 radical (unpaired) electrons. The summed E-state index contributed by atoms with van der Waals surface area (Å²) in [4.78, 5) is 10.1. The summed E-state index contributed by atoms with van der Waals surface area (Å²) in [5.74, 6) is 1.52. The number of aromatic nitrogens is 1. The zero-order valence-electron chi connectivity index (χ0n) is 23.7. The molecule has 1 N–H and O–H groups in total. The Hall–Kier alpha value is -5.94. The monoisotopic (exact) mass is 566 g/mol. The van der Waals surface area contributed by atoms with Gasteiger partial charge in [0.1, 0.15) is 23.2 Å². The van der Waals surface area contributed by atoms with Gasteiger partial charge in [-0.25, -0.2) is 9.98 Å². The molecule has 8 aromatic rings. The molecule has 0 amide bonds. The topological polar surface area (TPSA) is 54.8 Å². The predicted octanol–water partition coefficient (Wildman–Crippen LogP) is 9.18. The number of nitrogens with zero attached hydrogens (tertiary/aromatic N) is 3. The van der Waals surface area contributed by atoms with Gasteiger partial charge >= 0.3 is 0 Å². The van der Waals surface area contributed by atoms with Crippen LogP contribution in [0.25, 0.3) is 49.4 Å². The van der Waals surface area contributed by atoms with Crippen molar-refractivity contribution in [2.24, 2.45) is 9.98 Å². The average Bonchev–Trinajstić information content (AvgIpc) is 3.36. The van der Waals surface area contributed by atoms with Gasteiger partial charge in [-0.05, 0) is 47.3 Å². The second-order valence-corrected chi connectivity index (χ2v) is 11.1. The van der Waals surface area contributed by atoms with Crippen molar-refractivity contribution in [3.63, 3.8) is 0 Å². The zero-order chi connectivity index (χ0) is 29.0. The molecule has 208 valence electrons. The first-order valence-electron chi connectivity index (χ1n) is 14.8. The fraction of sp³-hybridized carbons (Fsp3) is 0.0256. The molecule has 3 heterocycles. The van der Waals surface area contributed by atoms with Crippen molar-refractivity contribution >= 4 is 55.4 Å². The molecule has 0 saturated carbocycles. The summed E-state index contributed by atoms with van der Waals surface area (Å²) < 4.78 is 8.88. The van der Waals surface area contributed by atoms with Crippen LogP contribution in [-0.4, -0.2) is 16.2 Å². The van der Waals surface area contributed by atoms with Gasteiger partial charge in [-0.15, -0.1) is 0 Å². The molecule has 5 nitrogen and oxygen atoms in total. The van der Waals surface area contributed by atoms with Crippen molar-refractivity contribution in [3.05, 3.63) is 162 Å². The largest absolute Gasteiger partial charge is 0.456 e. The number of para-hydroxylation sites is 1. The predicted molar refractivity (Wildman–Crippen MR) is 180 cm³/mol. The van der Waals surface area contributed by atoms with E-state index in [1.807, 2.05) is 48.5 Å². The van der Waals surface area contributed by atoms with Gasteiger partial charge in [-0.3, -0.25) is 0 Å². The summed E-state index contributed by atoms with van der Waals surface area (Å²) in [7, 11) is 0. The number of rotatable bonds is 4. The molecule has 1 unspecified atom stereocenters. The van der Waals surface area contributed by atoms with Crippen LogP contribution in [0.4, 0.5) is 0 Å². The van der Waals surface area contributed by atoms with Gasteiger partial charge in [0.05, 0.1) is 16.4 Å². The molecule has 5 heteroatoms. The van der Waals surface area contributed by atoms with Crippen LogP contribution in [0.5, 0.6) is 0 Å². The number of aliphatic imine (C=N–C) groups is 2. The highest BCUT2D eigenvalue weighted by Crippen LogP contribution is 2.41. The van der Waals surface area contributed by atoms with Crippen LogP contribution >= 0.6 is 0 Å². The SMILES string of the molecule is c1ccc(C2=NC(c3cccc(-n4c5cccc6oc7ccccc7c7cccc4c7c65)c3)NC(c3ccccc3)=N2)cc1. The summed E-state index contributed by atoms with van der Waals surface area (Å²) in [6, 6.07) is 50.2. The summed E-state index contributed by atoms with van der Waals surface area (Å²) in [6.45, 7) is 0. The quantitative estimate of drug-likeness (QED) is 0.231. The van der Waals surface area contributed by atoms with Crippen molar-refractivity contribution < 1.29 is 4.42 Å². The first kappa shape index (κ1) is 24.6. The van der Waals surface area contributed by atoms with Crippen LogP contribution in [0.15, 0.2) is 160 Å². The number of hydrogen-bond acceptors (Lipinski definition) is 4. The zero-order valence-corrected chi connectivity index (χ0v) is 23.7. The lowest BCUT2D eigenvalue weighted by molar-refractivity contribution is 0.664. The van der Waals surface area contributed by atoms with Gasteiger partial charge in [0, 0.05) is 27.6 Å². The molecule has 2 aromatic heterocycles. The summed E-state index contributed by atoms with van der Waals surface area (Å²) >= 11 is 0. The maximum absolute atomic E-state index is 6.54. The van der Waals surface area contributed by atoms with Gasteiger partial charge in [0.2, 0.25) is 0 Å². The van der Waals surface area contributed by atoms with E-state index in [1.54, 1.807) is 0 Å². The minimum Gasteiger partial charge on any atom is -0.456 e. The molecule has 0 aliphatic carbocycles. The number of hydrogen-bond donors (Lipinski definition) is 1. The van der Waals surface area contributed by atoms with E-state index in [0.29, 0.717) is 5.84 Å². The smallest absolute Gasteiger partial charge is 0.159 e. The van der Waals surface area contributed by atoms with Gasteiger partial charge in [-0.1, -0.05) is 109 Å². The molecule has 9 rings (SSSR count). The summed E-state index contributed by atoms with van der Waals surface area (Å²) in [6.07, 6.45) is -0.314. The Morgan fingerprint density at radius 1 is 0.568 bits per heavy atom. The van der Waals surface area contributed by atoms with E-state index in [2.05, 4.69) is 107 Å². The number of benzene rings is 6. The fourth-order valence-electron chi connectivity index (χ4n) is 6.47. The molecule has 44 heavy (non-hydrogen) atoms. The normalized spacial score (nSPS) is 15.0. The molecule has 1 aliphatic heterocycles. The first-order valence-corrected chi connectivity index (χ1v) is 14.8. The van der Waals surface area contributed by atoms with E-state index in [1.165, 1.54) is 10.8 Å². The number of fused-ring (bicyclic) bond motifs is 2.